The summed E-state index contributed by atoms with van der Waals surface area (Å²) in [5.74, 6) is -0.268. The van der Waals surface area contributed by atoms with Crippen LogP contribution in [0.4, 0.5) is 4.79 Å². The van der Waals surface area contributed by atoms with Crippen molar-refractivity contribution in [1.82, 2.24) is 15.2 Å². The van der Waals surface area contributed by atoms with Crippen molar-refractivity contribution < 1.29 is 14.3 Å². The van der Waals surface area contributed by atoms with E-state index in [2.05, 4.69) is 10.3 Å². The van der Waals surface area contributed by atoms with E-state index in [-0.39, 0.29) is 37.1 Å². The fourth-order valence-electron chi connectivity index (χ4n) is 1.92. The van der Waals surface area contributed by atoms with Gasteiger partial charge in [-0.15, -0.1) is 0 Å². The molecule has 1 unspecified atom stereocenters. The van der Waals surface area contributed by atoms with Crippen molar-refractivity contribution in [3.63, 3.8) is 0 Å². The zero-order valence-corrected chi connectivity index (χ0v) is 11.0. The van der Waals surface area contributed by atoms with Gasteiger partial charge in [-0.1, -0.05) is 0 Å². The third-order valence-electron chi connectivity index (χ3n) is 3.28. The molecule has 1 fully saturated rings. The molecule has 2 heterocycles. The number of cyclic esters (lactones) is 1. The van der Waals surface area contributed by atoms with Gasteiger partial charge in [0.1, 0.15) is 6.61 Å². The van der Waals surface area contributed by atoms with Crippen molar-refractivity contribution in [2.24, 2.45) is 0 Å². The van der Waals surface area contributed by atoms with Crippen molar-refractivity contribution in [1.29, 1.82) is 0 Å². The Hall–Kier alpha value is -2.11. The average molecular weight is 263 g/mol. The SMILES string of the molecule is C[C@@H](c1ccncc1)N(C)C(=O)NC1COC(=O)C1. The number of esters is 1. The van der Waals surface area contributed by atoms with Gasteiger partial charge in [0.25, 0.3) is 0 Å². The lowest BCUT2D eigenvalue weighted by atomic mass is 10.1. The Morgan fingerprint density at radius 3 is 2.79 bits per heavy atom. The van der Waals surface area contributed by atoms with Crippen LogP contribution in [0.2, 0.25) is 0 Å². The molecule has 1 aromatic heterocycles. The van der Waals surface area contributed by atoms with Crippen molar-refractivity contribution in [3.8, 4) is 0 Å². The number of pyridine rings is 1. The maximum absolute atomic E-state index is 12.1. The van der Waals surface area contributed by atoms with Gasteiger partial charge in [0.05, 0.1) is 18.5 Å². The molecule has 1 aromatic rings. The molecule has 0 saturated carbocycles. The van der Waals surface area contributed by atoms with Gasteiger partial charge in [-0.25, -0.2) is 4.79 Å². The third kappa shape index (κ3) is 3.21. The highest BCUT2D eigenvalue weighted by Gasteiger charge is 2.27. The Labute approximate surface area is 111 Å². The number of ether oxygens (including phenoxy) is 1. The van der Waals surface area contributed by atoms with Crippen LogP contribution >= 0.6 is 0 Å². The number of carbonyl (C=O) groups is 2. The standard InChI is InChI=1S/C13H17N3O3/c1-9(10-3-5-14-6-4-10)16(2)13(18)15-11-7-12(17)19-8-11/h3-6,9,11H,7-8H2,1-2H3,(H,15,18)/t9-,11?/m0/s1. The first-order valence-electron chi connectivity index (χ1n) is 6.17. The molecule has 0 aliphatic carbocycles. The van der Waals surface area contributed by atoms with Gasteiger partial charge in [0.2, 0.25) is 0 Å². The van der Waals surface area contributed by atoms with E-state index in [0.717, 1.165) is 5.56 Å². The molecule has 1 aliphatic heterocycles. The molecular weight excluding hydrogens is 246 g/mol. The molecule has 102 valence electrons. The van der Waals surface area contributed by atoms with Gasteiger partial charge in [0.15, 0.2) is 0 Å². The highest BCUT2D eigenvalue weighted by molar-refractivity contribution is 5.77. The van der Waals surface area contributed by atoms with Crippen LogP contribution in [0, 0.1) is 0 Å². The third-order valence-corrected chi connectivity index (χ3v) is 3.28. The monoisotopic (exact) mass is 263 g/mol. The van der Waals surface area contributed by atoms with Gasteiger partial charge in [-0.3, -0.25) is 9.78 Å². The molecule has 1 N–H and O–H groups in total. The normalized spacial score (nSPS) is 19.7. The molecule has 2 atom stereocenters. The molecule has 19 heavy (non-hydrogen) atoms. The molecule has 1 aliphatic rings. The molecule has 0 aromatic carbocycles. The predicted molar refractivity (Wildman–Crippen MR) is 68.3 cm³/mol. The number of aromatic nitrogens is 1. The number of hydrogen-bond donors (Lipinski definition) is 1. The van der Waals surface area contributed by atoms with Crippen LogP contribution in [0.5, 0.6) is 0 Å². The maximum Gasteiger partial charge on any atom is 0.317 e. The van der Waals surface area contributed by atoms with E-state index >= 15 is 0 Å². The van der Waals surface area contributed by atoms with Gasteiger partial charge < -0.3 is 15.0 Å². The summed E-state index contributed by atoms with van der Waals surface area (Å²) in [4.78, 5) is 28.6. The molecular formula is C13H17N3O3. The Kier molecular flexibility index (Phi) is 3.99. The summed E-state index contributed by atoms with van der Waals surface area (Å²) in [5, 5.41) is 2.79. The molecule has 2 amide bonds. The van der Waals surface area contributed by atoms with Crippen molar-refractivity contribution >= 4 is 12.0 Å². The number of carbonyl (C=O) groups excluding carboxylic acids is 2. The van der Waals surface area contributed by atoms with E-state index in [1.165, 1.54) is 0 Å². The summed E-state index contributed by atoms with van der Waals surface area (Å²) in [6, 6.07) is 3.23. The Morgan fingerprint density at radius 2 is 2.21 bits per heavy atom. The van der Waals surface area contributed by atoms with E-state index in [9.17, 15) is 9.59 Å². The summed E-state index contributed by atoms with van der Waals surface area (Å²) in [7, 11) is 1.72. The first-order chi connectivity index (χ1) is 9.08. The first kappa shape index (κ1) is 13.3. The second-order valence-electron chi connectivity index (χ2n) is 4.60. The molecule has 6 heteroatoms. The molecule has 0 spiro atoms. The summed E-state index contributed by atoms with van der Waals surface area (Å²) in [6.45, 7) is 2.19. The predicted octanol–water partition coefficient (Wildman–Crippen LogP) is 1.10. The number of urea groups is 1. The first-order valence-corrected chi connectivity index (χ1v) is 6.17. The molecule has 1 saturated heterocycles. The van der Waals surface area contributed by atoms with E-state index in [4.69, 9.17) is 4.74 Å². The molecule has 2 rings (SSSR count). The highest BCUT2D eigenvalue weighted by atomic mass is 16.5. The van der Waals surface area contributed by atoms with Crippen molar-refractivity contribution in [2.75, 3.05) is 13.7 Å². The summed E-state index contributed by atoms with van der Waals surface area (Å²) < 4.78 is 4.81. The Balaban J connectivity index is 1.93. The quantitative estimate of drug-likeness (QED) is 0.829. The summed E-state index contributed by atoms with van der Waals surface area (Å²) in [6.07, 6.45) is 3.63. The van der Waals surface area contributed by atoms with E-state index < -0.39 is 0 Å². The minimum Gasteiger partial charge on any atom is -0.463 e. The lowest BCUT2D eigenvalue weighted by Gasteiger charge is -2.26. The molecule has 6 nitrogen and oxygen atoms in total. The zero-order valence-electron chi connectivity index (χ0n) is 11.0. The fourth-order valence-corrected chi connectivity index (χ4v) is 1.92. The number of nitrogens with zero attached hydrogens (tertiary/aromatic N) is 2. The van der Waals surface area contributed by atoms with Crippen LogP contribution in [0.25, 0.3) is 0 Å². The van der Waals surface area contributed by atoms with E-state index in [1.54, 1.807) is 24.3 Å². The van der Waals surface area contributed by atoms with Gasteiger partial charge in [-0.05, 0) is 24.6 Å². The number of rotatable bonds is 3. The van der Waals surface area contributed by atoms with Gasteiger partial charge in [-0.2, -0.15) is 0 Å². The Bertz CT molecular complexity index is 463. The van der Waals surface area contributed by atoms with E-state index in [1.807, 2.05) is 19.1 Å². The number of hydrogen-bond acceptors (Lipinski definition) is 4. The minimum absolute atomic E-state index is 0.0685. The van der Waals surface area contributed by atoms with Crippen molar-refractivity contribution in [2.45, 2.75) is 25.4 Å². The van der Waals surface area contributed by atoms with Crippen LogP contribution < -0.4 is 5.32 Å². The smallest absolute Gasteiger partial charge is 0.317 e. The lowest BCUT2D eigenvalue weighted by molar-refractivity contribution is -0.137. The highest BCUT2D eigenvalue weighted by Crippen LogP contribution is 2.18. The topological polar surface area (TPSA) is 71.5 Å². The van der Waals surface area contributed by atoms with Crippen LogP contribution in [0.1, 0.15) is 24.9 Å². The number of nitrogens with one attached hydrogen (secondary N) is 1. The molecule has 0 radical (unpaired) electrons. The summed E-state index contributed by atoms with van der Waals surface area (Å²) in [5.41, 5.74) is 1.01. The van der Waals surface area contributed by atoms with Crippen LogP contribution in [0.15, 0.2) is 24.5 Å². The maximum atomic E-state index is 12.1. The Morgan fingerprint density at radius 1 is 1.53 bits per heavy atom. The lowest BCUT2D eigenvalue weighted by Crippen LogP contribution is -2.44. The second kappa shape index (κ2) is 5.69. The second-order valence-corrected chi connectivity index (χ2v) is 4.60. The summed E-state index contributed by atoms with van der Waals surface area (Å²) >= 11 is 0. The van der Waals surface area contributed by atoms with Crippen LogP contribution in [-0.2, 0) is 9.53 Å². The largest absolute Gasteiger partial charge is 0.463 e. The van der Waals surface area contributed by atoms with Crippen LogP contribution in [0.3, 0.4) is 0 Å². The average Bonchev–Trinajstić information content (AvgIpc) is 2.83. The zero-order chi connectivity index (χ0) is 13.8. The van der Waals surface area contributed by atoms with E-state index in [0.29, 0.717) is 0 Å². The molecule has 0 bridgehead atoms. The fraction of sp³-hybridized carbons (Fsp3) is 0.462. The van der Waals surface area contributed by atoms with Gasteiger partial charge in [0, 0.05) is 19.4 Å². The minimum atomic E-state index is -0.268. The van der Waals surface area contributed by atoms with Crippen molar-refractivity contribution in [3.05, 3.63) is 30.1 Å². The van der Waals surface area contributed by atoms with Crippen LogP contribution in [-0.4, -0.2) is 41.6 Å². The van der Waals surface area contributed by atoms with Gasteiger partial charge >= 0.3 is 12.0 Å². The number of amides is 2.